The summed E-state index contributed by atoms with van der Waals surface area (Å²) >= 11 is 0. The van der Waals surface area contributed by atoms with Crippen LogP contribution in [0.2, 0.25) is 0 Å². The van der Waals surface area contributed by atoms with Gasteiger partial charge in [-0.15, -0.1) is 0 Å². The van der Waals surface area contributed by atoms with Crippen LogP contribution in [0, 0.1) is 5.92 Å². The van der Waals surface area contributed by atoms with Gasteiger partial charge in [-0.25, -0.2) is 0 Å². The second-order valence-electron chi connectivity index (χ2n) is 4.99. The number of methoxy groups -OCH3 is 1. The maximum atomic E-state index is 6.18. The molecular weight excluding hydrogens is 212 g/mol. The van der Waals surface area contributed by atoms with Crippen LogP contribution in [0.3, 0.4) is 0 Å². The Bertz CT molecular complexity index is 321. The number of ether oxygens (including phenoxy) is 1. The summed E-state index contributed by atoms with van der Waals surface area (Å²) in [5, 5.41) is 0. The molecule has 0 saturated heterocycles. The highest BCUT2D eigenvalue weighted by atomic mass is 16.5. The summed E-state index contributed by atoms with van der Waals surface area (Å²) in [6.45, 7) is 6.39. The zero-order chi connectivity index (χ0) is 12.8. The molecular formula is C14H24N2O. The Hall–Kier alpha value is -1.06. The van der Waals surface area contributed by atoms with Gasteiger partial charge >= 0.3 is 0 Å². The van der Waals surface area contributed by atoms with Crippen LogP contribution in [0.5, 0.6) is 5.75 Å². The fourth-order valence-corrected chi connectivity index (χ4v) is 1.99. The number of nitrogens with zero attached hydrogens (tertiary/aromatic N) is 1. The summed E-state index contributed by atoms with van der Waals surface area (Å²) in [6, 6.07) is 8.04. The van der Waals surface area contributed by atoms with Gasteiger partial charge in [0, 0.05) is 19.1 Å². The molecule has 0 bridgehead atoms. The molecule has 0 heterocycles. The normalized spacial score (nSPS) is 13.1. The lowest BCUT2D eigenvalue weighted by atomic mass is 10.1. The summed E-state index contributed by atoms with van der Waals surface area (Å²) in [7, 11) is 3.79. The molecule has 96 valence electrons. The van der Waals surface area contributed by atoms with E-state index >= 15 is 0 Å². The zero-order valence-corrected chi connectivity index (χ0v) is 11.3. The van der Waals surface area contributed by atoms with Crippen molar-refractivity contribution in [3.63, 3.8) is 0 Å². The van der Waals surface area contributed by atoms with Crippen molar-refractivity contribution >= 4 is 0 Å². The number of hydrogen-bond donors (Lipinski definition) is 1. The Morgan fingerprint density at radius 3 is 2.24 bits per heavy atom. The number of likely N-dealkylation sites (N-methyl/N-ethyl adjacent to an activating group) is 1. The lowest BCUT2D eigenvalue weighted by Gasteiger charge is -2.23. The van der Waals surface area contributed by atoms with Gasteiger partial charge in [-0.05, 0) is 30.7 Å². The molecule has 1 unspecified atom stereocenters. The topological polar surface area (TPSA) is 38.5 Å². The molecule has 1 atom stereocenters. The van der Waals surface area contributed by atoms with Crippen LogP contribution in [-0.4, -0.2) is 32.1 Å². The molecule has 1 aromatic carbocycles. The standard InChI is InChI=1S/C14H24N2O/c1-11(2)9-16(3)10-14(15)12-5-7-13(17-4)8-6-12/h5-8,11,14H,9-10,15H2,1-4H3. The number of benzene rings is 1. The highest BCUT2D eigenvalue weighted by molar-refractivity contribution is 5.29. The average molecular weight is 236 g/mol. The first kappa shape index (κ1) is 14.0. The summed E-state index contributed by atoms with van der Waals surface area (Å²) in [6.07, 6.45) is 0. The Morgan fingerprint density at radius 2 is 1.76 bits per heavy atom. The van der Waals surface area contributed by atoms with Crippen molar-refractivity contribution in [1.29, 1.82) is 0 Å². The average Bonchev–Trinajstić information content (AvgIpc) is 2.28. The minimum absolute atomic E-state index is 0.0599. The van der Waals surface area contributed by atoms with E-state index in [-0.39, 0.29) is 6.04 Å². The van der Waals surface area contributed by atoms with Crippen LogP contribution in [0.15, 0.2) is 24.3 Å². The molecule has 0 saturated carbocycles. The molecule has 0 spiro atoms. The first-order chi connectivity index (χ1) is 8.02. The van der Waals surface area contributed by atoms with Crippen LogP contribution in [0.1, 0.15) is 25.5 Å². The lowest BCUT2D eigenvalue weighted by molar-refractivity contribution is 0.279. The molecule has 0 aliphatic rings. The van der Waals surface area contributed by atoms with Crippen molar-refractivity contribution in [3.8, 4) is 5.75 Å². The summed E-state index contributed by atoms with van der Waals surface area (Å²) in [4.78, 5) is 2.28. The van der Waals surface area contributed by atoms with E-state index in [1.165, 1.54) is 0 Å². The SMILES string of the molecule is COc1ccc(C(N)CN(C)CC(C)C)cc1. The van der Waals surface area contributed by atoms with Crippen LogP contribution >= 0.6 is 0 Å². The van der Waals surface area contributed by atoms with Crippen molar-refractivity contribution < 1.29 is 4.74 Å². The Balaban J connectivity index is 2.53. The van der Waals surface area contributed by atoms with Gasteiger partial charge in [-0.3, -0.25) is 0 Å². The van der Waals surface area contributed by atoms with Gasteiger partial charge in [-0.1, -0.05) is 26.0 Å². The third-order valence-corrected chi connectivity index (χ3v) is 2.73. The molecule has 2 N–H and O–H groups in total. The molecule has 3 nitrogen and oxygen atoms in total. The molecule has 0 aliphatic carbocycles. The molecule has 1 aromatic rings. The van der Waals surface area contributed by atoms with Gasteiger partial charge in [0.2, 0.25) is 0 Å². The van der Waals surface area contributed by atoms with Crippen molar-refractivity contribution in [2.45, 2.75) is 19.9 Å². The van der Waals surface area contributed by atoms with Gasteiger partial charge in [0.25, 0.3) is 0 Å². The van der Waals surface area contributed by atoms with Gasteiger partial charge in [0.15, 0.2) is 0 Å². The monoisotopic (exact) mass is 236 g/mol. The van der Waals surface area contributed by atoms with Crippen molar-refractivity contribution in [2.24, 2.45) is 11.7 Å². The van der Waals surface area contributed by atoms with Gasteiger partial charge in [0.05, 0.1) is 7.11 Å². The predicted octanol–water partition coefficient (Wildman–Crippen LogP) is 2.28. The Kier molecular flexibility index (Phi) is 5.45. The maximum Gasteiger partial charge on any atom is 0.118 e. The fraction of sp³-hybridized carbons (Fsp3) is 0.571. The molecule has 0 fully saturated rings. The molecule has 1 rings (SSSR count). The molecule has 17 heavy (non-hydrogen) atoms. The predicted molar refractivity (Wildman–Crippen MR) is 72.3 cm³/mol. The first-order valence-electron chi connectivity index (χ1n) is 6.11. The second kappa shape index (κ2) is 6.62. The Labute approximate surface area is 105 Å². The van der Waals surface area contributed by atoms with Crippen molar-refractivity contribution in [3.05, 3.63) is 29.8 Å². The fourth-order valence-electron chi connectivity index (χ4n) is 1.99. The molecule has 0 aliphatic heterocycles. The quantitative estimate of drug-likeness (QED) is 0.823. The van der Waals surface area contributed by atoms with Crippen molar-refractivity contribution in [1.82, 2.24) is 4.90 Å². The third kappa shape index (κ3) is 4.75. The van der Waals surface area contributed by atoms with E-state index in [9.17, 15) is 0 Å². The smallest absolute Gasteiger partial charge is 0.118 e. The molecule has 0 radical (unpaired) electrons. The molecule has 3 heteroatoms. The van der Waals surface area contributed by atoms with E-state index in [0.717, 1.165) is 24.4 Å². The van der Waals surface area contributed by atoms with Crippen LogP contribution in [-0.2, 0) is 0 Å². The van der Waals surface area contributed by atoms with E-state index in [1.54, 1.807) is 7.11 Å². The van der Waals surface area contributed by atoms with Crippen molar-refractivity contribution in [2.75, 3.05) is 27.2 Å². The van der Waals surface area contributed by atoms with Crippen LogP contribution in [0.4, 0.5) is 0 Å². The number of nitrogens with two attached hydrogens (primary N) is 1. The van der Waals surface area contributed by atoms with E-state index in [0.29, 0.717) is 5.92 Å². The minimum atomic E-state index is 0.0599. The van der Waals surface area contributed by atoms with Crippen LogP contribution < -0.4 is 10.5 Å². The first-order valence-corrected chi connectivity index (χ1v) is 6.11. The van der Waals surface area contributed by atoms with E-state index in [1.807, 2.05) is 24.3 Å². The minimum Gasteiger partial charge on any atom is -0.497 e. The van der Waals surface area contributed by atoms with Gasteiger partial charge in [0.1, 0.15) is 5.75 Å². The van der Waals surface area contributed by atoms with E-state index in [2.05, 4.69) is 25.8 Å². The summed E-state index contributed by atoms with van der Waals surface area (Å²) in [5.41, 5.74) is 7.33. The van der Waals surface area contributed by atoms with Gasteiger partial charge in [-0.2, -0.15) is 0 Å². The number of hydrogen-bond acceptors (Lipinski definition) is 3. The molecule has 0 amide bonds. The largest absolute Gasteiger partial charge is 0.497 e. The van der Waals surface area contributed by atoms with Gasteiger partial charge < -0.3 is 15.4 Å². The van der Waals surface area contributed by atoms with E-state index in [4.69, 9.17) is 10.5 Å². The highest BCUT2D eigenvalue weighted by Gasteiger charge is 2.10. The second-order valence-corrected chi connectivity index (χ2v) is 4.99. The summed E-state index contributed by atoms with van der Waals surface area (Å²) in [5.74, 6) is 1.54. The lowest BCUT2D eigenvalue weighted by Crippen LogP contribution is -2.31. The maximum absolute atomic E-state index is 6.18. The Morgan fingerprint density at radius 1 is 1.18 bits per heavy atom. The zero-order valence-electron chi connectivity index (χ0n) is 11.3. The highest BCUT2D eigenvalue weighted by Crippen LogP contribution is 2.16. The number of rotatable bonds is 6. The third-order valence-electron chi connectivity index (χ3n) is 2.73. The molecule has 0 aromatic heterocycles. The van der Waals surface area contributed by atoms with E-state index < -0.39 is 0 Å². The van der Waals surface area contributed by atoms with Crippen LogP contribution in [0.25, 0.3) is 0 Å². The summed E-state index contributed by atoms with van der Waals surface area (Å²) < 4.78 is 5.13.